The Morgan fingerprint density at radius 2 is 2.18 bits per heavy atom. The minimum absolute atomic E-state index is 0. The van der Waals surface area contributed by atoms with E-state index in [2.05, 4.69) is 25.3 Å². The number of carbonyl (C=O) groups is 1. The second-order valence-electron chi connectivity index (χ2n) is 6.17. The fourth-order valence-electron chi connectivity index (χ4n) is 2.78. The molecule has 1 saturated heterocycles. The Hall–Kier alpha value is -1.47. The zero-order valence-corrected chi connectivity index (χ0v) is 19.4. The SMILES string of the molecule is CCNC(=NCCNS(=O)(=O)c1cccnc1)NC1CCN(C(=O)CC)C1.I. The number of sulfonamides is 1. The van der Waals surface area contributed by atoms with Crippen LogP contribution >= 0.6 is 24.0 Å². The van der Waals surface area contributed by atoms with Gasteiger partial charge in [-0.25, -0.2) is 13.1 Å². The highest BCUT2D eigenvalue weighted by atomic mass is 127. The first-order valence-corrected chi connectivity index (χ1v) is 10.7. The van der Waals surface area contributed by atoms with Crippen LogP contribution in [0.1, 0.15) is 26.7 Å². The molecule has 158 valence electrons. The third-order valence-electron chi connectivity index (χ3n) is 4.15. The van der Waals surface area contributed by atoms with Crippen molar-refractivity contribution in [1.82, 2.24) is 25.2 Å². The first-order chi connectivity index (χ1) is 13.0. The summed E-state index contributed by atoms with van der Waals surface area (Å²) in [6.07, 6.45) is 4.21. The van der Waals surface area contributed by atoms with E-state index in [1.54, 1.807) is 6.07 Å². The van der Waals surface area contributed by atoms with Crippen LogP contribution in [-0.2, 0) is 14.8 Å². The maximum Gasteiger partial charge on any atom is 0.242 e. The Labute approximate surface area is 183 Å². The van der Waals surface area contributed by atoms with E-state index in [1.165, 1.54) is 18.5 Å². The first-order valence-electron chi connectivity index (χ1n) is 9.18. The highest BCUT2D eigenvalue weighted by Gasteiger charge is 2.25. The Morgan fingerprint density at radius 3 is 2.82 bits per heavy atom. The molecule has 28 heavy (non-hydrogen) atoms. The average Bonchev–Trinajstić information content (AvgIpc) is 3.14. The number of nitrogens with zero attached hydrogens (tertiary/aromatic N) is 3. The number of pyridine rings is 1. The van der Waals surface area contributed by atoms with Gasteiger partial charge in [-0.15, -0.1) is 24.0 Å². The number of carbonyl (C=O) groups excluding carboxylic acids is 1. The van der Waals surface area contributed by atoms with Crippen molar-refractivity contribution >= 4 is 45.9 Å². The van der Waals surface area contributed by atoms with Crippen molar-refractivity contribution in [3.05, 3.63) is 24.5 Å². The number of aliphatic imine (C=N–C) groups is 1. The van der Waals surface area contributed by atoms with Crippen LogP contribution in [0.4, 0.5) is 0 Å². The fraction of sp³-hybridized carbons (Fsp3) is 0.588. The van der Waals surface area contributed by atoms with Gasteiger partial charge in [0.15, 0.2) is 5.96 Å². The highest BCUT2D eigenvalue weighted by molar-refractivity contribution is 14.0. The first kappa shape index (κ1) is 24.6. The largest absolute Gasteiger partial charge is 0.357 e. The molecule has 1 unspecified atom stereocenters. The van der Waals surface area contributed by atoms with Gasteiger partial charge in [0.1, 0.15) is 4.90 Å². The fourth-order valence-corrected chi connectivity index (χ4v) is 3.76. The minimum atomic E-state index is -3.58. The van der Waals surface area contributed by atoms with Crippen LogP contribution in [0.25, 0.3) is 0 Å². The van der Waals surface area contributed by atoms with Gasteiger partial charge in [0.25, 0.3) is 0 Å². The maximum absolute atomic E-state index is 12.1. The van der Waals surface area contributed by atoms with E-state index in [1.807, 2.05) is 18.7 Å². The van der Waals surface area contributed by atoms with Gasteiger partial charge in [-0.3, -0.25) is 14.8 Å². The Balaban J connectivity index is 0.00000392. The van der Waals surface area contributed by atoms with Crippen LogP contribution in [0.2, 0.25) is 0 Å². The van der Waals surface area contributed by atoms with Crippen LogP contribution in [0, 0.1) is 0 Å². The van der Waals surface area contributed by atoms with Crippen LogP contribution in [0.3, 0.4) is 0 Å². The Morgan fingerprint density at radius 1 is 1.39 bits per heavy atom. The number of hydrogen-bond acceptors (Lipinski definition) is 5. The van der Waals surface area contributed by atoms with Crippen LogP contribution in [0.15, 0.2) is 34.4 Å². The third kappa shape index (κ3) is 7.51. The molecule has 1 atom stereocenters. The molecule has 1 aliphatic heterocycles. The molecule has 0 saturated carbocycles. The number of nitrogens with one attached hydrogen (secondary N) is 3. The molecule has 1 fully saturated rings. The van der Waals surface area contributed by atoms with Gasteiger partial charge >= 0.3 is 0 Å². The number of halogens is 1. The average molecular weight is 524 g/mol. The summed E-state index contributed by atoms with van der Waals surface area (Å²) in [5, 5.41) is 6.46. The van der Waals surface area contributed by atoms with Crippen LogP contribution < -0.4 is 15.4 Å². The third-order valence-corrected chi connectivity index (χ3v) is 5.59. The summed E-state index contributed by atoms with van der Waals surface area (Å²) in [4.78, 5) is 22.0. The minimum Gasteiger partial charge on any atom is -0.357 e. The summed E-state index contributed by atoms with van der Waals surface area (Å²) in [6.45, 7) is 6.39. The van der Waals surface area contributed by atoms with Crippen molar-refractivity contribution in [3.63, 3.8) is 0 Å². The van der Waals surface area contributed by atoms with Gasteiger partial charge in [-0.2, -0.15) is 0 Å². The van der Waals surface area contributed by atoms with E-state index in [0.717, 1.165) is 13.0 Å². The normalized spacial score (nSPS) is 17.1. The Kier molecular flexibility index (Phi) is 10.7. The molecule has 0 radical (unpaired) electrons. The quantitative estimate of drug-likeness (QED) is 0.198. The van der Waals surface area contributed by atoms with E-state index < -0.39 is 10.0 Å². The lowest BCUT2D eigenvalue weighted by atomic mass is 10.3. The van der Waals surface area contributed by atoms with Crippen molar-refractivity contribution in [2.45, 2.75) is 37.6 Å². The number of hydrogen-bond donors (Lipinski definition) is 3. The molecule has 2 rings (SSSR count). The topological polar surface area (TPSA) is 116 Å². The van der Waals surface area contributed by atoms with Crippen molar-refractivity contribution in [1.29, 1.82) is 0 Å². The smallest absolute Gasteiger partial charge is 0.242 e. The summed E-state index contributed by atoms with van der Waals surface area (Å²) in [6, 6.07) is 3.22. The molecule has 0 aliphatic carbocycles. The number of guanidine groups is 1. The van der Waals surface area contributed by atoms with Crippen molar-refractivity contribution < 1.29 is 13.2 Å². The summed E-state index contributed by atoms with van der Waals surface area (Å²) >= 11 is 0. The molecule has 11 heteroatoms. The molecule has 9 nitrogen and oxygen atoms in total. The lowest BCUT2D eigenvalue weighted by molar-refractivity contribution is -0.129. The molecule has 0 bridgehead atoms. The molecule has 2 heterocycles. The van der Waals surface area contributed by atoms with Crippen molar-refractivity contribution in [3.8, 4) is 0 Å². The molecule has 3 N–H and O–H groups in total. The number of amides is 1. The van der Waals surface area contributed by atoms with Gasteiger partial charge in [0.2, 0.25) is 15.9 Å². The second kappa shape index (κ2) is 12.2. The molecule has 0 spiro atoms. The van der Waals surface area contributed by atoms with Gasteiger partial charge in [0.05, 0.1) is 6.54 Å². The number of rotatable bonds is 8. The molecule has 0 aromatic carbocycles. The van der Waals surface area contributed by atoms with E-state index in [-0.39, 0.29) is 47.4 Å². The lowest BCUT2D eigenvalue weighted by Crippen LogP contribution is -2.45. The summed E-state index contributed by atoms with van der Waals surface area (Å²) in [5.74, 6) is 0.778. The Bertz CT molecular complexity index is 745. The molecule has 1 aliphatic rings. The predicted octanol–water partition coefficient (Wildman–Crippen LogP) is 0.544. The monoisotopic (exact) mass is 524 g/mol. The van der Waals surface area contributed by atoms with E-state index >= 15 is 0 Å². The second-order valence-corrected chi connectivity index (χ2v) is 7.94. The van der Waals surface area contributed by atoms with Crippen LogP contribution in [0.5, 0.6) is 0 Å². The lowest BCUT2D eigenvalue weighted by Gasteiger charge is -2.18. The maximum atomic E-state index is 12.1. The summed E-state index contributed by atoms with van der Waals surface area (Å²) in [7, 11) is -3.58. The summed E-state index contributed by atoms with van der Waals surface area (Å²) in [5.41, 5.74) is 0. The van der Waals surface area contributed by atoms with Crippen molar-refractivity contribution in [2.24, 2.45) is 4.99 Å². The van der Waals surface area contributed by atoms with Gasteiger partial charge in [0, 0.05) is 51.0 Å². The molecular formula is C17H29IN6O3S. The number of aromatic nitrogens is 1. The zero-order valence-electron chi connectivity index (χ0n) is 16.2. The highest BCUT2D eigenvalue weighted by Crippen LogP contribution is 2.10. The van der Waals surface area contributed by atoms with Gasteiger partial charge in [-0.1, -0.05) is 6.92 Å². The summed E-state index contributed by atoms with van der Waals surface area (Å²) < 4.78 is 26.8. The van der Waals surface area contributed by atoms with Crippen LogP contribution in [-0.4, -0.2) is 68.9 Å². The predicted molar refractivity (Wildman–Crippen MR) is 119 cm³/mol. The van der Waals surface area contributed by atoms with Crippen molar-refractivity contribution in [2.75, 3.05) is 32.7 Å². The molecule has 1 aromatic heterocycles. The van der Waals surface area contributed by atoms with E-state index in [4.69, 9.17) is 0 Å². The number of likely N-dealkylation sites (tertiary alicyclic amines) is 1. The molecule has 1 amide bonds. The zero-order chi connectivity index (χ0) is 19.7. The van der Waals surface area contributed by atoms with E-state index in [0.29, 0.717) is 32.0 Å². The standard InChI is InChI=1S/C17H28N6O3S.HI/c1-3-16(24)23-11-7-14(13-23)22-17(19-4-2)20-9-10-21-27(25,26)15-6-5-8-18-12-15;/h5-6,8,12,14,21H,3-4,7,9-11,13H2,1-2H3,(H2,19,20,22);1H. The molecular weight excluding hydrogens is 495 g/mol. The van der Waals surface area contributed by atoms with Gasteiger partial charge < -0.3 is 15.5 Å². The van der Waals surface area contributed by atoms with Gasteiger partial charge in [-0.05, 0) is 25.5 Å². The molecule has 1 aromatic rings. The van der Waals surface area contributed by atoms with E-state index in [9.17, 15) is 13.2 Å².